The highest BCUT2D eigenvalue weighted by Gasteiger charge is 2.09. The molecule has 0 aliphatic rings. The summed E-state index contributed by atoms with van der Waals surface area (Å²) in [7, 11) is 0. The number of aliphatic carboxylic acids is 1. The number of aryl methyl sites for hydroxylation is 2. The molecule has 0 aliphatic heterocycles. The zero-order valence-electron chi connectivity index (χ0n) is 13.3. The zero-order valence-corrected chi connectivity index (χ0v) is 14.1. The largest absolute Gasteiger partial charge is 0.548 e. The maximum absolute atomic E-state index is 10.8. The molecule has 1 aromatic heterocycles. The van der Waals surface area contributed by atoms with E-state index in [0.29, 0.717) is 21.7 Å². The molecule has 0 amide bonds. The van der Waals surface area contributed by atoms with Gasteiger partial charge in [-0.05, 0) is 55.3 Å². The number of fused-ring (bicyclic) bond motifs is 1. The van der Waals surface area contributed by atoms with Gasteiger partial charge in [-0.3, -0.25) is 4.99 Å². The van der Waals surface area contributed by atoms with Gasteiger partial charge in [0, 0.05) is 22.0 Å². The summed E-state index contributed by atoms with van der Waals surface area (Å²) in [5.41, 5.74) is 3.54. The third-order valence-corrected chi connectivity index (χ3v) is 3.93. The van der Waals surface area contributed by atoms with Gasteiger partial charge < -0.3 is 14.3 Å². The van der Waals surface area contributed by atoms with E-state index in [4.69, 9.17) is 16.0 Å². The quantitative estimate of drug-likeness (QED) is 0.736. The highest BCUT2D eigenvalue weighted by Crippen LogP contribution is 2.26. The predicted molar refractivity (Wildman–Crippen MR) is 91.6 cm³/mol. The Kier molecular flexibility index (Phi) is 4.40. The highest BCUT2D eigenvalue weighted by molar-refractivity contribution is 6.30. The van der Waals surface area contributed by atoms with Crippen LogP contribution in [0.3, 0.4) is 0 Å². The second kappa shape index (κ2) is 6.49. The number of nitrogens with zero attached hydrogens (tertiary/aromatic N) is 1. The van der Waals surface area contributed by atoms with E-state index in [1.165, 1.54) is 0 Å². The first kappa shape index (κ1) is 16.3. The van der Waals surface area contributed by atoms with E-state index in [-0.39, 0.29) is 0 Å². The summed E-state index contributed by atoms with van der Waals surface area (Å²) in [6.45, 7) is 3.53. The number of hydrogen-bond donors (Lipinski definition) is 0. The lowest BCUT2D eigenvalue weighted by Crippen LogP contribution is -2.26. The van der Waals surface area contributed by atoms with Gasteiger partial charge in [-0.25, -0.2) is 0 Å². The third kappa shape index (κ3) is 3.34. The predicted octanol–water partition coefficient (Wildman–Crippen LogP) is 3.02. The average Bonchev–Trinajstić information content (AvgIpc) is 2.53. The first-order valence-electron chi connectivity index (χ1n) is 7.45. The first-order chi connectivity index (χ1) is 11.4. The lowest BCUT2D eigenvalue weighted by atomic mass is 10.1. The molecule has 0 saturated heterocycles. The monoisotopic (exact) mass is 340 g/mol. The number of carbonyl (C=O) groups excluding carboxylic acids is 1. The van der Waals surface area contributed by atoms with Crippen LogP contribution in [0.1, 0.15) is 11.1 Å². The van der Waals surface area contributed by atoms with Gasteiger partial charge in [-0.2, -0.15) is 0 Å². The minimum absolute atomic E-state index is 0.397. The summed E-state index contributed by atoms with van der Waals surface area (Å²) in [4.78, 5) is 15.0. The van der Waals surface area contributed by atoms with Crippen LogP contribution >= 0.6 is 11.6 Å². The normalized spacial score (nSPS) is 11.9. The fourth-order valence-corrected chi connectivity index (χ4v) is 2.78. The molecular weight excluding hydrogens is 326 g/mol. The Hall–Kier alpha value is -2.59. The molecule has 0 N–H and O–H groups in total. The van der Waals surface area contributed by atoms with Gasteiger partial charge in [0.2, 0.25) is 0 Å². The molecule has 1 heterocycles. The smallest absolute Gasteiger partial charge is 0.139 e. The number of carboxylic acids is 1. The van der Waals surface area contributed by atoms with E-state index < -0.39 is 12.5 Å². The minimum atomic E-state index is -1.22. The molecule has 0 fully saturated rings. The maximum atomic E-state index is 10.8. The molecule has 0 radical (unpaired) electrons. The Labute approximate surface area is 144 Å². The van der Waals surface area contributed by atoms with Crippen molar-refractivity contribution in [3.05, 3.63) is 64.0 Å². The third-order valence-electron chi connectivity index (χ3n) is 3.68. The second-order valence-electron chi connectivity index (χ2n) is 5.65. The molecule has 3 aromatic rings. The zero-order chi connectivity index (χ0) is 17.3. The Bertz CT molecular complexity index is 988. The fourth-order valence-electron chi connectivity index (χ4n) is 2.66. The van der Waals surface area contributed by atoms with Gasteiger partial charge in [0.1, 0.15) is 11.3 Å². The lowest BCUT2D eigenvalue weighted by molar-refractivity contribution is -0.303. The van der Waals surface area contributed by atoms with Crippen molar-refractivity contribution in [1.82, 2.24) is 0 Å². The van der Waals surface area contributed by atoms with Crippen LogP contribution in [0.5, 0.6) is 0 Å². The molecule has 0 bridgehead atoms. The number of carboxylic acid groups (broad SMARTS) is 1. The van der Waals surface area contributed by atoms with Crippen molar-refractivity contribution in [2.75, 3.05) is 6.54 Å². The van der Waals surface area contributed by atoms with E-state index >= 15 is 0 Å². The van der Waals surface area contributed by atoms with Crippen molar-refractivity contribution in [2.45, 2.75) is 13.8 Å². The van der Waals surface area contributed by atoms with Crippen molar-refractivity contribution >= 4 is 28.5 Å². The van der Waals surface area contributed by atoms with Crippen molar-refractivity contribution < 1.29 is 14.3 Å². The number of rotatable bonds is 3. The standard InChI is InChI=1S/C19H16ClNO3/c1-11-7-12(2)19-15(8-11)16(21-10-18(22)23)9-17(24-19)13-3-5-14(20)6-4-13/h3-9H,10H2,1-2H3,(H,22,23)/p-1. The Morgan fingerprint density at radius 2 is 1.88 bits per heavy atom. The second-order valence-corrected chi connectivity index (χ2v) is 6.09. The molecule has 0 unspecified atom stereocenters. The molecule has 0 saturated carbocycles. The molecule has 0 aliphatic carbocycles. The van der Waals surface area contributed by atoms with Crippen LogP contribution in [-0.2, 0) is 4.79 Å². The molecule has 4 nitrogen and oxygen atoms in total. The molecule has 0 spiro atoms. The van der Waals surface area contributed by atoms with Crippen LogP contribution in [-0.4, -0.2) is 12.5 Å². The van der Waals surface area contributed by atoms with Crippen LogP contribution in [0.25, 0.3) is 22.3 Å². The van der Waals surface area contributed by atoms with E-state index in [9.17, 15) is 9.90 Å². The Morgan fingerprint density at radius 1 is 1.17 bits per heavy atom. The van der Waals surface area contributed by atoms with Gasteiger partial charge >= 0.3 is 0 Å². The van der Waals surface area contributed by atoms with Crippen molar-refractivity contribution in [3.8, 4) is 11.3 Å². The minimum Gasteiger partial charge on any atom is -0.548 e. The fraction of sp³-hybridized carbons (Fsp3) is 0.158. The summed E-state index contributed by atoms with van der Waals surface area (Å²) >= 11 is 5.93. The van der Waals surface area contributed by atoms with Crippen molar-refractivity contribution in [1.29, 1.82) is 0 Å². The number of benzene rings is 2. The number of carbonyl (C=O) groups is 1. The van der Waals surface area contributed by atoms with E-state index in [1.54, 1.807) is 18.2 Å². The van der Waals surface area contributed by atoms with Crippen LogP contribution < -0.4 is 10.5 Å². The molecular formula is C19H15ClNO3-. The lowest BCUT2D eigenvalue weighted by Gasteiger charge is -2.08. The van der Waals surface area contributed by atoms with Crippen LogP contribution in [0, 0.1) is 13.8 Å². The summed E-state index contributed by atoms with van der Waals surface area (Å²) in [6, 6.07) is 12.9. The molecule has 5 heteroatoms. The summed E-state index contributed by atoms with van der Waals surface area (Å²) in [5.74, 6) is -0.621. The Balaban J connectivity index is 2.31. The molecule has 0 atom stereocenters. The van der Waals surface area contributed by atoms with Gasteiger partial charge in [-0.1, -0.05) is 17.7 Å². The summed E-state index contributed by atoms with van der Waals surface area (Å²) < 4.78 is 6.05. The first-order valence-corrected chi connectivity index (χ1v) is 7.83. The van der Waals surface area contributed by atoms with Gasteiger partial charge in [0.25, 0.3) is 0 Å². The van der Waals surface area contributed by atoms with Gasteiger partial charge in [-0.15, -0.1) is 0 Å². The van der Waals surface area contributed by atoms with Crippen molar-refractivity contribution in [3.63, 3.8) is 0 Å². The van der Waals surface area contributed by atoms with Gasteiger partial charge in [0.05, 0.1) is 17.9 Å². The topological polar surface area (TPSA) is 65.6 Å². The number of halogens is 1. The molecule has 2 aromatic carbocycles. The van der Waals surface area contributed by atoms with E-state index in [0.717, 1.165) is 22.1 Å². The summed E-state index contributed by atoms with van der Waals surface area (Å²) in [5, 5.41) is 12.8. The van der Waals surface area contributed by atoms with E-state index in [2.05, 4.69) is 4.99 Å². The SMILES string of the molecule is Cc1cc(C)c2oc(-c3ccc(Cl)cc3)cc(=NCC(=O)[O-])c2c1. The van der Waals surface area contributed by atoms with Gasteiger partial charge in [0.15, 0.2) is 0 Å². The van der Waals surface area contributed by atoms with Crippen LogP contribution in [0.4, 0.5) is 0 Å². The average molecular weight is 341 g/mol. The molecule has 122 valence electrons. The van der Waals surface area contributed by atoms with E-state index in [1.807, 2.05) is 38.1 Å². The Morgan fingerprint density at radius 3 is 2.54 bits per heavy atom. The van der Waals surface area contributed by atoms with Crippen LogP contribution in [0.15, 0.2) is 51.9 Å². The maximum Gasteiger partial charge on any atom is 0.139 e. The summed E-state index contributed by atoms with van der Waals surface area (Å²) in [6.07, 6.45) is 0. The molecule has 24 heavy (non-hydrogen) atoms. The highest BCUT2D eigenvalue weighted by atomic mass is 35.5. The molecule has 3 rings (SSSR count). The van der Waals surface area contributed by atoms with Crippen LogP contribution in [0.2, 0.25) is 5.02 Å². The number of hydrogen-bond acceptors (Lipinski definition) is 4. The van der Waals surface area contributed by atoms with Crippen molar-refractivity contribution in [2.24, 2.45) is 4.99 Å².